The van der Waals surface area contributed by atoms with Gasteiger partial charge in [-0.3, -0.25) is 4.21 Å². The molecule has 2 fully saturated rings. The van der Waals surface area contributed by atoms with Gasteiger partial charge in [0.1, 0.15) is 5.75 Å². The molecule has 5 nitrogen and oxygen atoms in total. The molecule has 1 aromatic carbocycles. The fraction of sp³-hybridized carbons (Fsp3) is 0.588. The molecule has 1 saturated heterocycles. The van der Waals surface area contributed by atoms with Crippen molar-refractivity contribution in [2.45, 2.75) is 31.4 Å². The normalized spacial score (nSPS) is 23.4. The van der Waals surface area contributed by atoms with Crippen molar-refractivity contribution in [1.82, 2.24) is 4.90 Å². The number of ether oxygens (including phenoxy) is 1. The quantitative estimate of drug-likeness (QED) is 0.920. The van der Waals surface area contributed by atoms with Crippen LogP contribution in [0, 0.1) is 5.92 Å². The Balaban J connectivity index is 1.53. The lowest BCUT2D eigenvalue weighted by molar-refractivity contribution is 0.207. The van der Waals surface area contributed by atoms with Crippen molar-refractivity contribution < 1.29 is 13.7 Å². The number of carbonyl (C=O) groups is 1. The van der Waals surface area contributed by atoms with Gasteiger partial charge in [0.05, 0.1) is 11.4 Å². The zero-order valence-corrected chi connectivity index (χ0v) is 14.5. The molecule has 0 radical (unpaired) electrons. The van der Waals surface area contributed by atoms with Gasteiger partial charge in [-0.05, 0) is 56.9 Å². The molecule has 1 atom stereocenters. The van der Waals surface area contributed by atoms with Crippen LogP contribution in [0.1, 0.15) is 26.7 Å². The molecule has 1 saturated carbocycles. The Labute approximate surface area is 139 Å². The van der Waals surface area contributed by atoms with Crippen LogP contribution in [-0.2, 0) is 10.8 Å². The zero-order chi connectivity index (χ0) is 16.4. The number of hydrogen-bond donors (Lipinski definition) is 1. The minimum atomic E-state index is -0.877. The average molecular weight is 336 g/mol. The first-order valence-electron chi connectivity index (χ1n) is 8.11. The molecule has 2 amide bonds. The van der Waals surface area contributed by atoms with Crippen LogP contribution in [0.15, 0.2) is 24.3 Å². The minimum Gasteiger partial charge on any atom is -0.493 e. The summed E-state index contributed by atoms with van der Waals surface area (Å²) in [4.78, 5) is 14.1. The van der Waals surface area contributed by atoms with E-state index >= 15 is 0 Å². The topological polar surface area (TPSA) is 58.6 Å². The van der Waals surface area contributed by atoms with E-state index in [2.05, 4.69) is 5.32 Å². The van der Waals surface area contributed by atoms with Gasteiger partial charge in [0.15, 0.2) is 0 Å². The predicted octanol–water partition coefficient (Wildman–Crippen LogP) is 2.85. The van der Waals surface area contributed by atoms with Gasteiger partial charge >= 0.3 is 6.03 Å². The third-order valence-electron chi connectivity index (χ3n) is 4.31. The molecule has 23 heavy (non-hydrogen) atoms. The molecule has 0 unspecified atom stereocenters. The lowest BCUT2D eigenvalue weighted by Gasteiger charge is -2.37. The van der Waals surface area contributed by atoms with E-state index in [1.165, 1.54) is 12.8 Å². The number of anilines is 1. The maximum atomic E-state index is 12.4. The van der Waals surface area contributed by atoms with Crippen molar-refractivity contribution in [2.24, 2.45) is 5.92 Å². The second kappa shape index (κ2) is 6.51. The third-order valence-corrected chi connectivity index (χ3v) is 6.23. The van der Waals surface area contributed by atoms with Crippen LogP contribution in [0.2, 0.25) is 0 Å². The lowest BCUT2D eigenvalue weighted by atomic mass is 10.2. The van der Waals surface area contributed by atoms with E-state index in [0.29, 0.717) is 18.8 Å². The summed E-state index contributed by atoms with van der Waals surface area (Å²) < 4.78 is 17.3. The van der Waals surface area contributed by atoms with E-state index in [-0.39, 0.29) is 10.8 Å². The fourth-order valence-electron chi connectivity index (χ4n) is 2.59. The Kier molecular flexibility index (Phi) is 4.62. The molecule has 2 aliphatic rings. The Hall–Kier alpha value is -1.56. The van der Waals surface area contributed by atoms with Crippen molar-refractivity contribution in [1.29, 1.82) is 0 Å². The van der Waals surface area contributed by atoms with Crippen LogP contribution in [0.4, 0.5) is 10.5 Å². The SMILES string of the molecule is CC1(C)CN(C(=O)Nc2ccc(OCC3CC3)cc2)CC[S@]1=O. The molecular weight excluding hydrogens is 312 g/mol. The van der Waals surface area contributed by atoms with Crippen molar-refractivity contribution >= 4 is 22.5 Å². The Morgan fingerprint density at radius 2 is 2.04 bits per heavy atom. The van der Waals surface area contributed by atoms with E-state index in [1.807, 2.05) is 38.1 Å². The van der Waals surface area contributed by atoms with Crippen LogP contribution in [0.5, 0.6) is 5.75 Å². The van der Waals surface area contributed by atoms with Gasteiger partial charge in [-0.25, -0.2) is 4.79 Å². The molecule has 1 aliphatic heterocycles. The maximum Gasteiger partial charge on any atom is 0.321 e. The summed E-state index contributed by atoms with van der Waals surface area (Å²) >= 11 is 0. The number of amides is 2. The highest BCUT2D eigenvalue weighted by Gasteiger charge is 2.35. The van der Waals surface area contributed by atoms with Crippen LogP contribution >= 0.6 is 0 Å². The van der Waals surface area contributed by atoms with Crippen LogP contribution < -0.4 is 10.1 Å². The smallest absolute Gasteiger partial charge is 0.321 e. The van der Waals surface area contributed by atoms with Gasteiger partial charge in [-0.15, -0.1) is 0 Å². The van der Waals surface area contributed by atoms with E-state index in [1.54, 1.807) is 4.90 Å². The van der Waals surface area contributed by atoms with Crippen molar-refractivity contribution in [3.8, 4) is 5.75 Å². The van der Waals surface area contributed by atoms with Crippen molar-refractivity contribution in [3.63, 3.8) is 0 Å². The molecule has 126 valence electrons. The number of rotatable bonds is 4. The molecular formula is C17H24N2O3S. The van der Waals surface area contributed by atoms with E-state index in [9.17, 15) is 9.00 Å². The molecule has 3 rings (SSSR count). The highest BCUT2D eigenvalue weighted by atomic mass is 32.2. The van der Waals surface area contributed by atoms with Gasteiger partial charge in [0, 0.05) is 35.3 Å². The second-order valence-corrected chi connectivity index (χ2v) is 9.14. The standard InChI is InChI=1S/C17H24N2O3S/c1-17(2)12-19(9-10-23(17)21)16(20)18-14-5-7-15(8-6-14)22-11-13-3-4-13/h5-8,13H,3-4,9-12H2,1-2H3,(H,18,20)/t23-/m1/s1. The summed E-state index contributed by atoms with van der Waals surface area (Å²) in [6.45, 7) is 5.70. The van der Waals surface area contributed by atoms with E-state index < -0.39 is 10.8 Å². The third kappa shape index (κ3) is 4.25. The number of benzene rings is 1. The van der Waals surface area contributed by atoms with Crippen LogP contribution in [0.25, 0.3) is 0 Å². The van der Waals surface area contributed by atoms with Crippen molar-refractivity contribution in [3.05, 3.63) is 24.3 Å². The average Bonchev–Trinajstić information content (AvgIpc) is 3.33. The first-order valence-corrected chi connectivity index (χ1v) is 9.43. The van der Waals surface area contributed by atoms with Crippen LogP contribution in [0.3, 0.4) is 0 Å². The minimum absolute atomic E-state index is 0.138. The summed E-state index contributed by atoms with van der Waals surface area (Å²) in [5.41, 5.74) is 0.748. The number of urea groups is 1. The molecule has 1 heterocycles. The van der Waals surface area contributed by atoms with Gasteiger partial charge in [-0.1, -0.05) is 0 Å². The number of carbonyl (C=O) groups excluding carboxylic acids is 1. The molecule has 0 bridgehead atoms. The summed E-state index contributed by atoms with van der Waals surface area (Å²) in [6.07, 6.45) is 2.54. The molecule has 1 N–H and O–H groups in total. The van der Waals surface area contributed by atoms with E-state index in [0.717, 1.165) is 24.0 Å². The lowest BCUT2D eigenvalue weighted by Crippen LogP contribution is -2.53. The summed E-state index contributed by atoms with van der Waals surface area (Å²) in [6, 6.07) is 7.34. The highest BCUT2D eigenvalue weighted by Crippen LogP contribution is 2.29. The van der Waals surface area contributed by atoms with Crippen molar-refractivity contribution in [2.75, 3.05) is 30.8 Å². The molecule has 1 aromatic rings. The van der Waals surface area contributed by atoms with Gasteiger partial charge in [0.25, 0.3) is 0 Å². The Morgan fingerprint density at radius 3 is 2.65 bits per heavy atom. The summed E-state index contributed by atoms with van der Waals surface area (Å²) in [5, 5.41) is 2.90. The second-order valence-electron chi connectivity index (χ2n) is 6.94. The maximum absolute atomic E-state index is 12.4. The number of hydrogen-bond acceptors (Lipinski definition) is 3. The largest absolute Gasteiger partial charge is 0.493 e. The Bertz CT molecular complexity index is 596. The summed E-state index contributed by atoms with van der Waals surface area (Å²) in [7, 11) is -0.877. The monoisotopic (exact) mass is 336 g/mol. The zero-order valence-electron chi connectivity index (χ0n) is 13.7. The Morgan fingerprint density at radius 1 is 1.35 bits per heavy atom. The van der Waals surface area contributed by atoms with Crippen LogP contribution in [-0.4, -0.2) is 45.3 Å². The van der Waals surface area contributed by atoms with E-state index in [4.69, 9.17) is 4.74 Å². The molecule has 1 aliphatic carbocycles. The van der Waals surface area contributed by atoms with Gasteiger partial charge in [-0.2, -0.15) is 0 Å². The first-order chi connectivity index (χ1) is 10.9. The first kappa shape index (κ1) is 16.3. The molecule has 6 heteroatoms. The van der Waals surface area contributed by atoms with Gasteiger partial charge in [0.2, 0.25) is 0 Å². The number of nitrogens with zero attached hydrogens (tertiary/aromatic N) is 1. The number of nitrogens with one attached hydrogen (secondary N) is 1. The van der Waals surface area contributed by atoms with Gasteiger partial charge < -0.3 is 15.0 Å². The fourth-order valence-corrected chi connectivity index (χ4v) is 3.83. The predicted molar refractivity (Wildman–Crippen MR) is 92.3 cm³/mol. The molecule has 0 aromatic heterocycles. The molecule has 0 spiro atoms. The summed E-state index contributed by atoms with van der Waals surface area (Å²) in [5.74, 6) is 2.10. The highest BCUT2D eigenvalue weighted by molar-refractivity contribution is 7.86.